The molecule has 30 heavy (non-hydrogen) atoms. The van der Waals surface area contributed by atoms with Crippen molar-refractivity contribution in [1.82, 2.24) is 4.90 Å². The first-order valence-corrected chi connectivity index (χ1v) is 11.0. The molecule has 1 saturated carbocycles. The minimum absolute atomic E-state index is 0.169. The highest BCUT2D eigenvalue weighted by atomic mass is 16.6. The molecular weight excluding hydrogens is 376 g/mol. The van der Waals surface area contributed by atoms with Gasteiger partial charge in [0.25, 0.3) is 0 Å². The Balaban J connectivity index is 1.45. The van der Waals surface area contributed by atoms with Crippen molar-refractivity contribution in [2.75, 3.05) is 18.4 Å². The second-order valence-electron chi connectivity index (χ2n) is 8.49. The number of nitrogens with zero attached hydrogens (tertiary/aromatic N) is 1. The van der Waals surface area contributed by atoms with Gasteiger partial charge in [0, 0.05) is 24.6 Å². The zero-order chi connectivity index (χ0) is 20.9. The second-order valence-corrected chi connectivity index (χ2v) is 8.49. The number of amides is 2. The van der Waals surface area contributed by atoms with Crippen LogP contribution in [0, 0.1) is 5.92 Å². The molecule has 2 amide bonds. The lowest BCUT2D eigenvalue weighted by Crippen LogP contribution is -2.47. The Kier molecular flexibility index (Phi) is 6.36. The summed E-state index contributed by atoms with van der Waals surface area (Å²) in [6, 6.07) is 17.9. The second kappa shape index (κ2) is 9.33. The molecule has 158 valence electrons. The van der Waals surface area contributed by atoms with Crippen LogP contribution in [-0.2, 0) is 16.0 Å². The van der Waals surface area contributed by atoms with E-state index < -0.39 is 6.09 Å². The van der Waals surface area contributed by atoms with E-state index in [0.717, 1.165) is 25.7 Å². The number of nitrogens with one attached hydrogen (secondary N) is 1. The molecular formula is C25H30N2O3. The van der Waals surface area contributed by atoms with Crippen LogP contribution in [0.5, 0.6) is 0 Å². The standard InChI is InChI=1S/C25H30N2O3/c1-2-18-10-12-20(13-11-18)21-15-23(17-27(16-21)24(28)14-19-8-9-19)30-25(29)26-22-6-4-3-5-7-22/h3-7,10-13,19,21,23H,2,8-9,14-17H2,1H3,(H,26,29). The van der Waals surface area contributed by atoms with Crippen molar-refractivity contribution in [3.63, 3.8) is 0 Å². The number of benzene rings is 2. The third-order valence-electron chi connectivity index (χ3n) is 6.08. The van der Waals surface area contributed by atoms with E-state index in [1.54, 1.807) is 0 Å². The average molecular weight is 407 g/mol. The van der Waals surface area contributed by atoms with Crippen LogP contribution >= 0.6 is 0 Å². The van der Waals surface area contributed by atoms with Gasteiger partial charge in [-0.3, -0.25) is 10.1 Å². The minimum atomic E-state index is -0.470. The molecule has 2 fully saturated rings. The molecule has 2 atom stereocenters. The maximum absolute atomic E-state index is 12.8. The highest BCUT2D eigenvalue weighted by molar-refractivity contribution is 5.84. The lowest BCUT2D eigenvalue weighted by atomic mass is 9.88. The zero-order valence-corrected chi connectivity index (χ0v) is 17.5. The summed E-state index contributed by atoms with van der Waals surface area (Å²) < 4.78 is 5.75. The van der Waals surface area contributed by atoms with E-state index in [9.17, 15) is 9.59 Å². The zero-order valence-electron chi connectivity index (χ0n) is 17.5. The molecule has 5 heteroatoms. The fraction of sp³-hybridized carbons (Fsp3) is 0.440. The van der Waals surface area contributed by atoms with Gasteiger partial charge in [-0.2, -0.15) is 0 Å². The molecule has 1 aliphatic carbocycles. The molecule has 0 spiro atoms. The van der Waals surface area contributed by atoms with E-state index in [1.165, 1.54) is 11.1 Å². The van der Waals surface area contributed by atoms with Crippen LogP contribution in [0.3, 0.4) is 0 Å². The quantitative estimate of drug-likeness (QED) is 0.736. The van der Waals surface area contributed by atoms with Crippen molar-refractivity contribution >= 4 is 17.7 Å². The fourth-order valence-electron chi connectivity index (χ4n) is 4.13. The number of anilines is 1. The van der Waals surface area contributed by atoms with Gasteiger partial charge in [0.15, 0.2) is 0 Å². The molecule has 1 saturated heterocycles. The Labute approximate surface area is 178 Å². The smallest absolute Gasteiger partial charge is 0.411 e. The number of aryl methyl sites for hydroxylation is 1. The molecule has 4 rings (SSSR count). The number of hydrogen-bond acceptors (Lipinski definition) is 3. The molecule has 0 radical (unpaired) electrons. The Bertz CT molecular complexity index is 862. The van der Waals surface area contributed by atoms with Crippen molar-refractivity contribution in [1.29, 1.82) is 0 Å². The Morgan fingerprint density at radius 3 is 2.43 bits per heavy atom. The highest BCUT2D eigenvalue weighted by Crippen LogP contribution is 2.35. The number of para-hydroxylation sites is 1. The molecule has 0 aromatic heterocycles. The lowest BCUT2D eigenvalue weighted by Gasteiger charge is -2.37. The van der Waals surface area contributed by atoms with E-state index in [1.807, 2.05) is 35.2 Å². The number of rotatable bonds is 6. The maximum atomic E-state index is 12.8. The summed E-state index contributed by atoms with van der Waals surface area (Å²) in [5.74, 6) is 0.897. The molecule has 1 N–H and O–H groups in total. The van der Waals surface area contributed by atoms with Gasteiger partial charge in [-0.05, 0) is 54.9 Å². The first-order chi connectivity index (χ1) is 14.6. The fourth-order valence-corrected chi connectivity index (χ4v) is 4.13. The van der Waals surface area contributed by atoms with Crippen molar-refractivity contribution in [2.45, 2.75) is 51.0 Å². The lowest BCUT2D eigenvalue weighted by molar-refractivity contribution is -0.135. The van der Waals surface area contributed by atoms with E-state index >= 15 is 0 Å². The van der Waals surface area contributed by atoms with Crippen LogP contribution in [0.1, 0.15) is 49.7 Å². The Morgan fingerprint density at radius 2 is 1.77 bits per heavy atom. The molecule has 0 bridgehead atoms. The highest BCUT2D eigenvalue weighted by Gasteiger charge is 2.35. The largest absolute Gasteiger partial charge is 0.444 e. The molecule has 2 aliphatic rings. The van der Waals surface area contributed by atoms with Gasteiger partial charge in [-0.15, -0.1) is 0 Å². The molecule has 5 nitrogen and oxygen atoms in total. The van der Waals surface area contributed by atoms with Gasteiger partial charge in [0.1, 0.15) is 6.10 Å². The molecule has 1 aliphatic heterocycles. The van der Waals surface area contributed by atoms with Crippen molar-refractivity contribution < 1.29 is 14.3 Å². The van der Waals surface area contributed by atoms with Gasteiger partial charge < -0.3 is 9.64 Å². The number of piperidine rings is 1. The first-order valence-electron chi connectivity index (χ1n) is 11.0. The van der Waals surface area contributed by atoms with E-state index in [4.69, 9.17) is 4.74 Å². The predicted molar refractivity (Wildman–Crippen MR) is 117 cm³/mol. The van der Waals surface area contributed by atoms with Crippen molar-refractivity contribution in [3.8, 4) is 0 Å². The monoisotopic (exact) mass is 406 g/mol. The summed E-state index contributed by atoms with van der Waals surface area (Å²) in [5, 5.41) is 2.78. The maximum Gasteiger partial charge on any atom is 0.411 e. The van der Waals surface area contributed by atoms with Crippen molar-refractivity contribution in [2.24, 2.45) is 5.92 Å². The van der Waals surface area contributed by atoms with Crippen LogP contribution < -0.4 is 5.32 Å². The molecule has 2 unspecified atom stereocenters. The van der Waals surface area contributed by atoms with E-state index in [-0.39, 0.29) is 17.9 Å². The van der Waals surface area contributed by atoms with Crippen molar-refractivity contribution in [3.05, 3.63) is 65.7 Å². The molecule has 2 aromatic rings. The Hall–Kier alpha value is -2.82. The number of carbonyl (C=O) groups excluding carboxylic acids is 2. The summed E-state index contributed by atoms with van der Waals surface area (Å²) >= 11 is 0. The number of likely N-dealkylation sites (tertiary alicyclic amines) is 1. The van der Waals surface area contributed by atoms with Gasteiger partial charge in [-0.25, -0.2) is 4.79 Å². The van der Waals surface area contributed by atoms with Gasteiger partial charge >= 0.3 is 6.09 Å². The van der Waals surface area contributed by atoms with Crippen LogP contribution in [0.25, 0.3) is 0 Å². The normalized spacial score (nSPS) is 21.2. The van der Waals surface area contributed by atoms with Crippen LogP contribution in [0.4, 0.5) is 10.5 Å². The third-order valence-corrected chi connectivity index (χ3v) is 6.08. The number of carbonyl (C=O) groups is 2. The third kappa shape index (κ3) is 5.41. The summed E-state index contributed by atoms with van der Waals surface area (Å²) in [5.41, 5.74) is 3.20. The SMILES string of the molecule is CCc1ccc(C2CC(OC(=O)Nc3ccccc3)CN(C(=O)CC3CC3)C2)cc1. The summed E-state index contributed by atoms with van der Waals surface area (Å²) in [7, 11) is 0. The van der Waals surface area contributed by atoms with E-state index in [2.05, 4.69) is 36.5 Å². The van der Waals surface area contributed by atoms with Gasteiger partial charge in [-0.1, -0.05) is 49.4 Å². The Morgan fingerprint density at radius 1 is 1.03 bits per heavy atom. The summed E-state index contributed by atoms with van der Waals surface area (Å²) in [6.07, 6.45) is 3.86. The van der Waals surface area contributed by atoms with Crippen LogP contribution in [-0.4, -0.2) is 36.1 Å². The number of ether oxygens (including phenoxy) is 1. The van der Waals surface area contributed by atoms with Crippen LogP contribution in [0.2, 0.25) is 0 Å². The van der Waals surface area contributed by atoms with Crippen LogP contribution in [0.15, 0.2) is 54.6 Å². The average Bonchev–Trinajstić information content (AvgIpc) is 3.58. The van der Waals surface area contributed by atoms with Gasteiger partial charge in [0.2, 0.25) is 5.91 Å². The predicted octanol–water partition coefficient (Wildman–Crippen LogP) is 4.98. The molecule has 2 aromatic carbocycles. The first kappa shape index (κ1) is 20.5. The molecule has 1 heterocycles. The minimum Gasteiger partial charge on any atom is -0.444 e. The topological polar surface area (TPSA) is 58.6 Å². The van der Waals surface area contributed by atoms with Gasteiger partial charge in [0.05, 0.1) is 6.54 Å². The summed E-state index contributed by atoms with van der Waals surface area (Å²) in [4.78, 5) is 27.2. The van der Waals surface area contributed by atoms with E-state index in [0.29, 0.717) is 31.1 Å². The number of hydrogen-bond donors (Lipinski definition) is 1. The summed E-state index contributed by atoms with van der Waals surface area (Å²) in [6.45, 7) is 3.30.